The van der Waals surface area contributed by atoms with E-state index >= 15 is 0 Å². The number of ether oxygens (including phenoxy) is 1. The SMILES string of the molecule is O=C(NCc1ccc(COCC(F)(F)F)cc1)C1CCCN(Cc2cccc(F)c2)C1. The fraction of sp³-hybridized carbons (Fsp3) is 0.435. The van der Waals surface area contributed by atoms with Crippen LogP contribution in [0.25, 0.3) is 0 Å². The first-order chi connectivity index (χ1) is 14.8. The maximum absolute atomic E-state index is 13.4. The Balaban J connectivity index is 1.43. The first-order valence-electron chi connectivity index (χ1n) is 10.3. The summed E-state index contributed by atoms with van der Waals surface area (Å²) in [6.07, 6.45) is -2.63. The van der Waals surface area contributed by atoms with Gasteiger partial charge in [0.2, 0.25) is 5.91 Å². The Kier molecular flexibility index (Phi) is 8.03. The number of carbonyl (C=O) groups is 1. The molecule has 0 aromatic heterocycles. The van der Waals surface area contributed by atoms with Crippen molar-refractivity contribution in [2.45, 2.75) is 38.7 Å². The lowest BCUT2D eigenvalue weighted by Gasteiger charge is -2.32. The zero-order valence-electron chi connectivity index (χ0n) is 17.1. The number of carbonyl (C=O) groups excluding carboxylic acids is 1. The average molecular weight is 438 g/mol. The molecule has 8 heteroatoms. The van der Waals surface area contributed by atoms with Crippen LogP contribution in [0.5, 0.6) is 0 Å². The van der Waals surface area contributed by atoms with Gasteiger partial charge in [-0.25, -0.2) is 4.39 Å². The van der Waals surface area contributed by atoms with Crippen LogP contribution in [0, 0.1) is 11.7 Å². The van der Waals surface area contributed by atoms with Gasteiger partial charge in [-0.15, -0.1) is 0 Å². The van der Waals surface area contributed by atoms with Crippen LogP contribution < -0.4 is 5.32 Å². The Morgan fingerprint density at radius 3 is 2.55 bits per heavy atom. The van der Waals surface area contributed by atoms with Crippen molar-refractivity contribution >= 4 is 5.91 Å². The summed E-state index contributed by atoms with van der Waals surface area (Å²) in [7, 11) is 0. The van der Waals surface area contributed by atoms with Crippen molar-refractivity contribution in [1.82, 2.24) is 10.2 Å². The molecular formula is C23H26F4N2O2. The summed E-state index contributed by atoms with van der Waals surface area (Å²) < 4.78 is 54.4. The van der Waals surface area contributed by atoms with Crippen LogP contribution in [0.3, 0.4) is 0 Å². The van der Waals surface area contributed by atoms with E-state index in [4.69, 9.17) is 0 Å². The molecule has 1 atom stereocenters. The van der Waals surface area contributed by atoms with E-state index in [2.05, 4.69) is 15.0 Å². The number of piperidine rings is 1. The second-order valence-electron chi connectivity index (χ2n) is 7.85. The molecule has 0 bridgehead atoms. The minimum atomic E-state index is -4.34. The summed E-state index contributed by atoms with van der Waals surface area (Å²) >= 11 is 0. The van der Waals surface area contributed by atoms with E-state index in [1.807, 2.05) is 6.07 Å². The molecule has 2 aromatic rings. The molecule has 2 aromatic carbocycles. The summed E-state index contributed by atoms with van der Waals surface area (Å²) in [6.45, 7) is 1.07. The van der Waals surface area contributed by atoms with E-state index in [0.29, 0.717) is 25.2 Å². The Morgan fingerprint density at radius 2 is 1.84 bits per heavy atom. The van der Waals surface area contributed by atoms with E-state index in [9.17, 15) is 22.4 Å². The maximum Gasteiger partial charge on any atom is 0.411 e. The van der Waals surface area contributed by atoms with E-state index < -0.39 is 12.8 Å². The highest BCUT2D eigenvalue weighted by atomic mass is 19.4. The van der Waals surface area contributed by atoms with Crippen molar-refractivity contribution in [3.05, 3.63) is 71.0 Å². The molecule has 1 aliphatic rings. The Labute approximate surface area is 179 Å². The summed E-state index contributed by atoms with van der Waals surface area (Å²) in [5.74, 6) is -0.416. The molecule has 0 aliphatic carbocycles. The number of alkyl halides is 3. The highest BCUT2D eigenvalue weighted by Gasteiger charge is 2.27. The fourth-order valence-corrected chi connectivity index (χ4v) is 3.68. The van der Waals surface area contributed by atoms with Crippen LogP contribution in [0.2, 0.25) is 0 Å². The van der Waals surface area contributed by atoms with Gasteiger partial charge in [-0.3, -0.25) is 9.69 Å². The predicted octanol–water partition coefficient (Wildman–Crippen LogP) is 4.43. The Morgan fingerprint density at radius 1 is 1.10 bits per heavy atom. The van der Waals surface area contributed by atoms with E-state index in [0.717, 1.165) is 30.5 Å². The number of benzene rings is 2. The van der Waals surface area contributed by atoms with Crippen molar-refractivity contribution in [2.24, 2.45) is 5.92 Å². The molecule has 1 aliphatic heterocycles. The van der Waals surface area contributed by atoms with Crippen molar-refractivity contribution in [1.29, 1.82) is 0 Å². The summed E-state index contributed by atoms with van der Waals surface area (Å²) in [6, 6.07) is 13.4. The van der Waals surface area contributed by atoms with Gasteiger partial charge in [0.05, 0.1) is 12.5 Å². The first-order valence-corrected chi connectivity index (χ1v) is 10.3. The molecule has 168 valence electrons. The van der Waals surface area contributed by atoms with Gasteiger partial charge in [0.25, 0.3) is 0 Å². The zero-order chi connectivity index (χ0) is 22.3. The molecule has 0 radical (unpaired) electrons. The third-order valence-corrected chi connectivity index (χ3v) is 5.20. The monoisotopic (exact) mass is 438 g/mol. The maximum atomic E-state index is 13.4. The van der Waals surface area contributed by atoms with E-state index in [-0.39, 0.29) is 24.2 Å². The molecule has 0 spiro atoms. The topological polar surface area (TPSA) is 41.6 Å². The van der Waals surface area contributed by atoms with Crippen LogP contribution in [-0.4, -0.2) is 36.7 Å². The Bertz CT molecular complexity index is 855. The van der Waals surface area contributed by atoms with Crippen molar-refractivity contribution in [3.8, 4) is 0 Å². The second kappa shape index (κ2) is 10.7. The number of hydrogen-bond donors (Lipinski definition) is 1. The third kappa shape index (κ3) is 7.95. The quantitative estimate of drug-likeness (QED) is 0.620. The van der Waals surface area contributed by atoms with Crippen molar-refractivity contribution in [3.63, 3.8) is 0 Å². The smallest absolute Gasteiger partial charge is 0.367 e. The summed E-state index contributed by atoms with van der Waals surface area (Å²) in [5, 5.41) is 2.94. The molecule has 1 fully saturated rings. The molecule has 1 heterocycles. The van der Waals surface area contributed by atoms with Gasteiger partial charge in [0, 0.05) is 19.6 Å². The third-order valence-electron chi connectivity index (χ3n) is 5.20. The average Bonchev–Trinajstić information content (AvgIpc) is 2.72. The van der Waals surface area contributed by atoms with Gasteiger partial charge in [-0.2, -0.15) is 13.2 Å². The van der Waals surface area contributed by atoms with Gasteiger partial charge >= 0.3 is 6.18 Å². The summed E-state index contributed by atoms with van der Waals surface area (Å²) in [5.41, 5.74) is 2.39. The largest absolute Gasteiger partial charge is 0.411 e. The highest BCUT2D eigenvalue weighted by Crippen LogP contribution is 2.20. The number of amides is 1. The lowest BCUT2D eigenvalue weighted by Crippen LogP contribution is -2.42. The second-order valence-corrected chi connectivity index (χ2v) is 7.85. The molecule has 31 heavy (non-hydrogen) atoms. The molecule has 3 rings (SSSR count). The van der Waals surface area contributed by atoms with Crippen molar-refractivity contribution < 1.29 is 27.1 Å². The fourth-order valence-electron chi connectivity index (χ4n) is 3.68. The molecule has 1 saturated heterocycles. The normalized spacial score (nSPS) is 17.5. The van der Waals surface area contributed by atoms with Crippen LogP contribution >= 0.6 is 0 Å². The number of halogens is 4. The number of likely N-dealkylation sites (tertiary alicyclic amines) is 1. The van der Waals surface area contributed by atoms with E-state index in [1.54, 1.807) is 30.3 Å². The minimum absolute atomic E-state index is 0.0264. The van der Waals surface area contributed by atoms with Crippen molar-refractivity contribution in [2.75, 3.05) is 19.7 Å². The molecule has 0 saturated carbocycles. The number of nitrogens with one attached hydrogen (secondary N) is 1. The van der Waals surface area contributed by atoms with Gasteiger partial charge in [-0.05, 0) is 48.2 Å². The van der Waals surface area contributed by atoms with E-state index in [1.165, 1.54) is 12.1 Å². The Hall–Kier alpha value is -2.45. The van der Waals surface area contributed by atoms with Gasteiger partial charge < -0.3 is 10.1 Å². The van der Waals surface area contributed by atoms with Crippen LogP contribution in [0.15, 0.2) is 48.5 Å². The molecule has 1 N–H and O–H groups in total. The lowest BCUT2D eigenvalue weighted by atomic mass is 9.96. The molecule has 1 unspecified atom stereocenters. The van der Waals surface area contributed by atoms with Crippen LogP contribution in [0.1, 0.15) is 29.5 Å². The zero-order valence-corrected chi connectivity index (χ0v) is 17.1. The van der Waals surface area contributed by atoms with Crippen LogP contribution in [-0.2, 0) is 29.2 Å². The standard InChI is InChI=1S/C23H26F4N2O2/c24-21-5-1-3-19(11-21)13-29-10-2-4-20(14-29)22(30)28-12-17-6-8-18(9-7-17)15-31-16-23(25,26)27/h1,3,5-9,11,20H,2,4,10,12-16H2,(H,28,30). The number of hydrogen-bond acceptors (Lipinski definition) is 3. The molecular weight excluding hydrogens is 412 g/mol. The summed E-state index contributed by atoms with van der Waals surface area (Å²) in [4.78, 5) is 14.8. The molecule has 1 amide bonds. The number of rotatable bonds is 8. The van der Waals surface area contributed by atoms with Gasteiger partial charge in [-0.1, -0.05) is 36.4 Å². The lowest BCUT2D eigenvalue weighted by molar-refractivity contribution is -0.176. The van der Waals surface area contributed by atoms with Gasteiger partial charge in [0.15, 0.2) is 0 Å². The highest BCUT2D eigenvalue weighted by molar-refractivity contribution is 5.78. The van der Waals surface area contributed by atoms with Crippen LogP contribution in [0.4, 0.5) is 17.6 Å². The minimum Gasteiger partial charge on any atom is -0.367 e. The first kappa shape index (κ1) is 23.2. The predicted molar refractivity (Wildman–Crippen MR) is 108 cm³/mol. The number of nitrogens with zero attached hydrogens (tertiary/aromatic N) is 1. The van der Waals surface area contributed by atoms with Gasteiger partial charge in [0.1, 0.15) is 12.4 Å². The molecule has 4 nitrogen and oxygen atoms in total.